The third-order valence-corrected chi connectivity index (χ3v) is 2.95. The van der Waals surface area contributed by atoms with Crippen LogP contribution in [-0.2, 0) is 6.42 Å². The van der Waals surface area contributed by atoms with Crippen LogP contribution in [0.3, 0.4) is 0 Å². The monoisotopic (exact) mass is 223 g/mol. The first-order valence-electron chi connectivity index (χ1n) is 5.98. The third-order valence-electron chi connectivity index (χ3n) is 2.95. The maximum atomic E-state index is 13.0. The van der Waals surface area contributed by atoms with Gasteiger partial charge < -0.3 is 5.73 Å². The minimum absolute atomic E-state index is 0.158. The van der Waals surface area contributed by atoms with Crippen molar-refractivity contribution in [1.82, 2.24) is 0 Å². The molecule has 1 unspecified atom stereocenters. The number of rotatable bonds is 5. The molecule has 0 radical (unpaired) electrons. The fourth-order valence-electron chi connectivity index (χ4n) is 2.13. The Morgan fingerprint density at radius 3 is 2.50 bits per heavy atom. The number of hydrogen-bond acceptors (Lipinski definition) is 1. The molecule has 16 heavy (non-hydrogen) atoms. The van der Waals surface area contributed by atoms with E-state index >= 15 is 0 Å². The molecule has 0 saturated carbocycles. The zero-order chi connectivity index (χ0) is 12.1. The summed E-state index contributed by atoms with van der Waals surface area (Å²) in [6, 6.07) is 5.01. The molecule has 1 nitrogen and oxygen atoms in total. The van der Waals surface area contributed by atoms with E-state index < -0.39 is 0 Å². The van der Waals surface area contributed by atoms with Gasteiger partial charge in [0.25, 0.3) is 0 Å². The van der Waals surface area contributed by atoms with Crippen LogP contribution in [0.1, 0.15) is 31.4 Å². The van der Waals surface area contributed by atoms with E-state index in [1.165, 1.54) is 11.6 Å². The Morgan fingerprint density at radius 1 is 1.31 bits per heavy atom. The van der Waals surface area contributed by atoms with E-state index in [2.05, 4.69) is 13.8 Å². The highest BCUT2D eigenvalue weighted by atomic mass is 19.1. The van der Waals surface area contributed by atoms with Gasteiger partial charge in [0.1, 0.15) is 5.82 Å². The number of benzene rings is 1. The SMILES string of the molecule is Cc1cc(F)ccc1CC(CN)CC(C)C. The zero-order valence-electron chi connectivity index (χ0n) is 10.5. The predicted octanol–water partition coefficient (Wildman–Crippen LogP) is 3.30. The standard InChI is InChI=1S/C14H22FN/c1-10(2)6-12(9-16)8-13-4-5-14(15)7-11(13)3/h4-5,7,10,12H,6,8-9,16H2,1-3H3. The van der Waals surface area contributed by atoms with Crippen LogP contribution >= 0.6 is 0 Å². The Bertz CT molecular complexity index is 334. The molecule has 0 aromatic heterocycles. The molecular weight excluding hydrogens is 201 g/mol. The summed E-state index contributed by atoms with van der Waals surface area (Å²) < 4.78 is 13.0. The molecule has 0 aliphatic rings. The Hall–Kier alpha value is -0.890. The molecule has 1 rings (SSSR count). The summed E-state index contributed by atoms with van der Waals surface area (Å²) in [5.74, 6) is 1.01. The van der Waals surface area contributed by atoms with E-state index in [0.717, 1.165) is 18.4 Å². The van der Waals surface area contributed by atoms with Gasteiger partial charge >= 0.3 is 0 Å². The van der Waals surface area contributed by atoms with Crippen LogP contribution < -0.4 is 5.73 Å². The van der Waals surface area contributed by atoms with Crippen LogP contribution in [0.5, 0.6) is 0 Å². The number of halogens is 1. The van der Waals surface area contributed by atoms with Gasteiger partial charge in [-0.3, -0.25) is 0 Å². The second-order valence-electron chi connectivity index (χ2n) is 5.01. The number of hydrogen-bond donors (Lipinski definition) is 1. The summed E-state index contributed by atoms with van der Waals surface area (Å²) in [5, 5.41) is 0. The molecule has 1 atom stereocenters. The first-order chi connectivity index (χ1) is 7.52. The summed E-state index contributed by atoms with van der Waals surface area (Å²) in [6.07, 6.45) is 2.09. The fourth-order valence-corrected chi connectivity index (χ4v) is 2.13. The summed E-state index contributed by atoms with van der Waals surface area (Å²) in [7, 11) is 0. The van der Waals surface area contributed by atoms with E-state index in [0.29, 0.717) is 18.4 Å². The Morgan fingerprint density at radius 2 is 2.00 bits per heavy atom. The largest absolute Gasteiger partial charge is 0.330 e. The van der Waals surface area contributed by atoms with Gasteiger partial charge in [-0.15, -0.1) is 0 Å². The minimum atomic E-state index is -0.158. The van der Waals surface area contributed by atoms with Crippen molar-refractivity contribution >= 4 is 0 Å². The van der Waals surface area contributed by atoms with Crippen LogP contribution in [0.4, 0.5) is 4.39 Å². The lowest BCUT2D eigenvalue weighted by molar-refractivity contribution is 0.414. The molecule has 0 spiro atoms. The molecule has 0 saturated heterocycles. The van der Waals surface area contributed by atoms with Crippen molar-refractivity contribution < 1.29 is 4.39 Å². The van der Waals surface area contributed by atoms with E-state index in [9.17, 15) is 4.39 Å². The summed E-state index contributed by atoms with van der Waals surface area (Å²) in [5.41, 5.74) is 8.02. The molecule has 90 valence electrons. The van der Waals surface area contributed by atoms with Crippen molar-refractivity contribution in [3.8, 4) is 0 Å². The fraction of sp³-hybridized carbons (Fsp3) is 0.571. The Balaban J connectivity index is 2.70. The second kappa shape index (κ2) is 6.00. The van der Waals surface area contributed by atoms with Crippen molar-refractivity contribution in [3.63, 3.8) is 0 Å². The highest BCUT2D eigenvalue weighted by Gasteiger charge is 2.11. The van der Waals surface area contributed by atoms with Gasteiger partial charge in [-0.05, 0) is 61.4 Å². The van der Waals surface area contributed by atoms with Gasteiger partial charge in [-0.25, -0.2) is 4.39 Å². The van der Waals surface area contributed by atoms with Gasteiger partial charge in [-0.1, -0.05) is 19.9 Å². The lowest BCUT2D eigenvalue weighted by Gasteiger charge is -2.18. The van der Waals surface area contributed by atoms with E-state index in [4.69, 9.17) is 5.73 Å². The van der Waals surface area contributed by atoms with Gasteiger partial charge in [0.05, 0.1) is 0 Å². The highest BCUT2D eigenvalue weighted by molar-refractivity contribution is 5.26. The second-order valence-corrected chi connectivity index (χ2v) is 5.01. The molecule has 2 N–H and O–H groups in total. The topological polar surface area (TPSA) is 26.0 Å². The van der Waals surface area contributed by atoms with Crippen molar-refractivity contribution in [2.45, 2.75) is 33.6 Å². The first-order valence-corrected chi connectivity index (χ1v) is 5.98. The molecule has 1 aromatic carbocycles. The van der Waals surface area contributed by atoms with Crippen LogP contribution in [0, 0.1) is 24.6 Å². The summed E-state index contributed by atoms with van der Waals surface area (Å²) in [4.78, 5) is 0. The van der Waals surface area contributed by atoms with Gasteiger partial charge in [0.2, 0.25) is 0 Å². The van der Waals surface area contributed by atoms with E-state index in [1.54, 1.807) is 6.07 Å². The minimum Gasteiger partial charge on any atom is -0.330 e. The average molecular weight is 223 g/mol. The zero-order valence-corrected chi connectivity index (χ0v) is 10.5. The van der Waals surface area contributed by atoms with Crippen molar-refractivity contribution in [2.24, 2.45) is 17.6 Å². The van der Waals surface area contributed by atoms with E-state index in [-0.39, 0.29) is 5.82 Å². The smallest absolute Gasteiger partial charge is 0.123 e. The quantitative estimate of drug-likeness (QED) is 0.814. The maximum Gasteiger partial charge on any atom is 0.123 e. The van der Waals surface area contributed by atoms with Crippen LogP contribution in [0.15, 0.2) is 18.2 Å². The summed E-state index contributed by atoms with van der Waals surface area (Å²) >= 11 is 0. The Labute approximate surface area is 97.9 Å². The van der Waals surface area contributed by atoms with Crippen molar-refractivity contribution in [3.05, 3.63) is 35.1 Å². The molecular formula is C14H22FN. The maximum absolute atomic E-state index is 13.0. The van der Waals surface area contributed by atoms with Gasteiger partial charge in [-0.2, -0.15) is 0 Å². The van der Waals surface area contributed by atoms with Crippen LogP contribution in [-0.4, -0.2) is 6.54 Å². The summed E-state index contributed by atoms with van der Waals surface area (Å²) in [6.45, 7) is 7.08. The van der Waals surface area contributed by atoms with Crippen LogP contribution in [0.2, 0.25) is 0 Å². The van der Waals surface area contributed by atoms with Crippen molar-refractivity contribution in [2.75, 3.05) is 6.54 Å². The molecule has 0 aliphatic carbocycles. The van der Waals surface area contributed by atoms with Crippen LogP contribution in [0.25, 0.3) is 0 Å². The predicted molar refractivity (Wildman–Crippen MR) is 66.8 cm³/mol. The van der Waals surface area contributed by atoms with E-state index in [1.807, 2.05) is 13.0 Å². The first kappa shape index (κ1) is 13.2. The molecule has 0 aliphatic heterocycles. The molecule has 0 fully saturated rings. The van der Waals surface area contributed by atoms with Crippen molar-refractivity contribution in [1.29, 1.82) is 0 Å². The molecule has 2 heteroatoms. The Kier molecular flexibility index (Phi) is 4.94. The molecule has 0 heterocycles. The normalized spacial score (nSPS) is 13.1. The van der Waals surface area contributed by atoms with Gasteiger partial charge in [0.15, 0.2) is 0 Å². The molecule has 0 amide bonds. The molecule has 1 aromatic rings. The lowest BCUT2D eigenvalue weighted by atomic mass is 9.89. The lowest BCUT2D eigenvalue weighted by Crippen LogP contribution is -2.19. The highest BCUT2D eigenvalue weighted by Crippen LogP contribution is 2.19. The molecule has 0 bridgehead atoms. The van der Waals surface area contributed by atoms with Gasteiger partial charge in [0, 0.05) is 0 Å². The number of aryl methyl sites for hydroxylation is 1. The number of nitrogens with two attached hydrogens (primary N) is 1. The average Bonchev–Trinajstić information content (AvgIpc) is 2.20. The third kappa shape index (κ3) is 3.93.